The molecule has 7 heteroatoms. The van der Waals surface area contributed by atoms with Gasteiger partial charge in [0.15, 0.2) is 0 Å². The van der Waals surface area contributed by atoms with Crippen LogP contribution in [0.1, 0.15) is 13.3 Å². The highest BCUT2D eigenvalue weighted by molar-refractivity contribution is 7.13. The maximum absolute atomic E-state index is 11.7. The number of likely N-dealkylation sites (tertiary alicyclic amines) is 1. The number of nitrogens with one attached hydrogen (secondary N) is 1. The number of carbonyl (C=O) groups is 1. The van der Waals surface area contributed by atoms with Gasteiger partial charge in [0.2, 0.25) is 11.0 Å². The van der Waals surface area contributed by atoms with Crippen molar-refractivity contribution in [1.82, 2.24) is 15.1 Å². The van der Waals surface area contributed by atoms with E-state index in [1.807, 2.05) is 11.8 Å². The van der Waals surface area contributed by atoms with Gasteiger partial charge in [0, 0.05) is 6.54 Å². The molecule has 0 aromatic carbocycles. The van der Waals surface area contributed by atoms with Gasteiger partial charge in [-0.15, -0.1) is 10.2 Å². The van der Waals surface area contributed by atoms with Crippen molar-refractivity contribution in [2.75, 3.05) is 25.0 Å². The molecule has 2 N–H and O–H groups in total. The molecular formula is C10H16N4O2S. The lowest BCUT2D eigenvalue weighted by Gasteiger charge is -2.33. The molecule has 0 radical (unpaired) electrons. The molecular weight excluding hydrogens is 240 g/mol. The number of hydrogen-bond donors (Lipinski definition) is 2. The van der Waals surface area contributed by atoms with Crippen molar-refractivity contribution in [3.05, 3.63) is 5.51 Å². The zero-order valence-corrected chi connectivity index (χ0v) is 10.5. The van der Waals surface area contributed by atoms with Crippen LogP contribution in [0.3, 0.4) is 0 Å². The SMILES string of the molecule is CC1CCN(CC(=O)Nc2nncs2)CC1O. The summed E-state index contributed by atoms with van der Waals surface area (Å²) in [6, 6.07) is 0. The average Bonchev–Trinajstić information content (AvgIpc) is 2.76. The van der Waals surface area contributed by atoms with E-state index in [2.05, 4.69) is 15.5 Å². The molecule has 0 saturated carbocycles. The first-order valence-corrected chi connectivity index (χ1v) is 6.49. The second-order valence-corrected chi connectivity index (χ2v) is 5.19. The first-order valence-electron chi connectivity index (χ1n) is 5.61. The minimum absolute atomic E-state index is 0.108. The maximum Gasteiger partial charge on any atom is 0.240 e. The zero-order valence-electron chi connectivity index (χ0n) is 9.67. The van der Waals surface area contributed by atoms with Crippen LogP contribution in [0.15, 0.2) is 5.51 Å². The molecule has 94 valence electrons. The molecule has 1 saturated heterocycles. The van der Waals surface area contributed by atoms with E-state index < -0.39 is 0 Å². The monoisotopic (exact) mass is 256 g/mol. The van der Waals surface area contributed by atoms with Crippen LogP contribution in [0.4, 0.5) is 5.13 Å². The van der Waals surface area contributed by atoms with Crippen LogP contribution in [0.25, 0.3) is 0 Å². The molecule has 1 amide bonds. The topological polar surface area (TPSA) is 78.4 Å². The lowest BCUT2D eigenvalue weighted by molar-refractivity contribution is -0.118. The Morgan fingerprint density at radius 3 is 3.24 bits per heavy atom. The molecule has 1 aromatic rings. The van der Waals surface area contributed by atoms with E-state index in [0.717, 1.165) is 13.0 Å². The molecule has 17 heavy (non-hydrogen) atoms. The molecule has 0 spiro atoms. The molecule has 0 aliphatic carbocycles. The summed E-state index contributed by atoms with van der Waals surface area (Å²) >= 11 is 1.29. The number of aromatic nitrogens is 2. The summed E-state index contributed by atoms with van der Waals surface area (Å²) in [5.41, 5.74) is 1.57. The summed E-state index contributed by atoms with van der Waals surface area (Å²) < 4.78 is 0. The Kier molecular flexibility index (Phi) is 4.03. The summed E-state index contributed by atoms with van der Waals surface area (Å²) in [7, 11) is 0. The molecule has 1 fully saturated rings. The summed E-state index contributed by atoms with van der Waals surface area (Å²) in [6.07, 6.45) is 0.589. The Labute approximate surface area is 104 Å². The number of carbonyl (C=O) groups excluding carboxylic acids is 1. The molecule has 2 rings (SSSR count). The van der Waals surface area contributed by atoms with Crippen LogP contribution in [0.2, 0.25) is 0 Å². The highest BCUT2D eigenvalue weighted by Crippen LogP contribution is 2.16. The second kappa shape index (κ2) is 5.52. The largest absolute Gasteiger partial charge is 0.392 e. The van der Waals surface area contributed by atoms with E-state index in [1.165, 1.54) is 11.3 Å². The van der Waals surface area contributed by atoms with E-state index in [9.17, 15) is 9.90 Å². The molecule has 1 aliphatic heterocycles. The first kappa shape index (κ1) is 12.4. The minimum atomic E-state index is -0.335. The van der Waals surface area contributed by atoms with Crippen molar-refractivity contribution in [1.29, 1.82) is 0 Å². The Morgan fingerprint density at radius 1 is 1.76 bits per heavy atom. The zero-order chi connectivity index (χ0) is 12.3. The Hall–Kier alpha value is -1.05. The number of rotatable bonds is 3. The van der Waals surface area contributed by atoms with Gasteiger partial charge >= 0.3 is 0 Å². The molecule has 2 atom stereocenters. The van der Waals surface area contributed by atoms with Crippen molar-refractivity contribution >= 4 is 22.4 Å². The number of aliphatic hydroxyl groups is 1. The van der Waals surface area contributed by atoms with Gasteiger partial charge in [-0.2, -0.15) is 0 Å². The van der Waals surface area contributed by atoms with Gasteiger partial charge in [-0.3, -0.25) is 15.0 Å². The van der Waals surface area contributed by atoms with Crippen molar-refractivity contribution < 1.29 is 9.90 Å². The van der Waals surface area contributed by atoms with Crippen molar-refractivity contribution in [3.63, 3.8) is 0 Å². The lowest BCUT2D eigenvalue weighted by Crippen LogP contribution is -2.45. The highest BCUT2D eigenvalue weighted by Gasteiger charge is 2.25. The summed E-state index contributed by atoms with van der Waals surface area (Å²) in [6.45, 7) is 3.74. The van der Waals surface area contributed by atoms with E-state index in [0.29, 0.717) is 24.1 Å². The summed E-state index contributed by atoms with van der Waals surface area (Å²) in [5.74, 6) is 0.209. The number of nitrogens with zero attached hydrogens (tertiary/aromatic N) is 3. The quantitative estimate of drug-likeness (QED) is 0.806. The molecule has 6 nitrogen and oxygen atoms in total. The van der Waals surface area contributed by atoms with Gasteiger partial charge in [0.25, 0.3) is 0 Å². The highest BCUT2D eigenvalue weighted by atomic mass is 32.1. The first-order chi connectivity index (χ1) is 8.15. The molecule has 2 heterocycles. The van der Waals surface area contributed by atoms with Crippen molar-refractivity contribution in [2.24, 2.45) is 5.92 Å². The number of hydrogen-bond acceptors (Lipinski definition) is 6. The summed E-state index contributed by atoms with van der Waals surface area (Å²) in [4.78, 5) is 13.6. The van der Waals surface area contributed by atoms with E-state index in [-0.39, 0.29) is 12.0 Å². The van der Waals surface area contributed by atoms with Gasteiger partial charge in [0.05, 0.1) is 12.6 Å². The Morgan fingerprint density at radius 2 is 2.59 bits per heavy atom. The molecule has 0 bridgehead atoms. The number of amides is 1. The van der Waals surface area contributed by atoms with Crippen LogP contribution >= 0.6 is 11.3 Å². The van der Waals surface area contributed by atoms with Gasteiger partial charge < -0.3 is 5.11 Å². The van der Waals surface area contributed by atoms with Crippen molar-refractivity contribution in [3.8, 4) is 0 Å². The normalized spacial score (nSPS) is 25.8. The average molecular weight is 256 g/mol. The van der Waals surface area contributed by atoms with Crippen LogP contribution in [-0.4, -0.2) is 51.8 Å². The third-order valence-corrected chi connectivity index (χ3v) is 3.58. The van der Waals surface area contributed by atoms with Gasteiger partial charge in [-0.05, 0) is 18.9 Å². The van der Waals surface area contributed by atoms with Gasteiger partial charge in [0.1, 0.15) is 5.51 Å². The van der Waals surface area contributed by atoms with Crippen molar-refractivity contribution in [2.45, 2.75) is 19.4 Å². The number of β-amino-alcohol motifs (C(OH)–C–C–N with tert-alkyl or cyclic N) is 1. The second-order valence-electron chi connectivity index (χ2n) is 4.36. The fourth-order valence-corrected chi connectivity index (χ4v) is 2.31. The molecule has 1 aromatic heterocycles. The lowest BCUT2D eigenvalue weighted by atomic mass is 9.96. The minimum Gasteiger partial charge on any atom is -0.392 e. The van der Waals surface area contributed by atoms with E-state index >= 15 is 0 Å². The number of aliphatic hydroxyl groups excluding tert-OH is 1. The Balaban J connectivity index is 1.79. The van der Waals surface area contributed by atoms with Gasteiger partial charge in [-0.25, -0.2) is 0 Å². The fourth-order valence-electron chi connectivity index (χ4n) is 1.85. The third-order valence-electron chi connectivity index (χ3n) is 2.98. The fraction of sp³-hybridized carbons (Fsp3) is 0.700. The smallest absolute Gasteiger partial charge is 0.240 e. The third kappa shape index (κ3) is 3.45. The summed E-state index contributed by atoms with van der Waals surface area (Å²) in [5, 5.41) is 20.3. The van der Waals surface area contributed by atoms with Gasteiger partial charge in [-0.1, -0.05) is 18.3 Å². The van der Waals surface area contributed by atoms with E-state index in [1.54, 1.807) is 5.51 Å². The number of piperidine rings is 1. The molecule has 2 unspecified atom stereocenters. The standard InChI is InChI=1S/C10H16N4O2S/c1-7-2-3-14(4-8(7)15)5-9(16)12-10-13-11-6-17-10/h6-8,15H,2-5H2,1H3,(H,12,13,16). The maximum atomic E-state index is 11.7. The van der Waals surface area contributed by atoms with Crippen LogP contribution in [0.5, 0.6) is 0 Å². The number of anilines is 1. The van der Waals surface area contributed by atoms with Crippen LogP contribution in [0, 0.1) is 5.92 Å². The predicted octanol–water partition coefficient (Wildman–Crippen LogP) is 0.179. The Bertz CT molecular complexity index is 370. The van der Waals surface area contributed by atoms with Crippen LogP contribution < -0.4 is 5.32 Å². The predicted molar refractivity (Wildman–Crippen MR) is 64.8 cm³/mol. The van der Waals surface area contributed by atoms with E-state index in [4.69, 9.17) is 0 Å². The molecule has 1 aliphatic rings. The van der Waals surface area contributed by atoms with Crippen LogP contribution in [-0.2, 0) is 4.79 Å².